The van der Waals surface area contributed by atoms with Gasteiger partial charge in [-0.15, -0.1) is 0 Å². The summed E-state index contributed by atoms with van der Waals surface area (Å²) in [5.74, 6) is -0.630. The number of carbonyl (C=O) groups excluding carboxylic acids is 2. The van der Waals surface area contributed by atoms with Crippen LogP contribution in [0.4, 0.5) is 11.4 Å². The van der Waals surface area contributed by atoms with E-state index in [0.717, 1.165) is 21.1 Å². The van der Waals surface area contributed by atoms with Gasteiger partial charge in [0.2, 0.25) is 31.9 Å². The second-order valence-electron chi connectivity index (χ2n) is 13.3. The molecule has 4 aromatic rings. The molecule has 2 aliphatic rings. The summed E-state index contributed by atoms with van der Waals surface area (Å²) in [5, 5.41) is 22.8. The van der Waals surface area contributed by atoms with Gasteiger partial charge in [0.25, 0.3) is 0 Å². The van der Waals surface area contributed by atoms with Crippen LogP contribution in [0.2, 0.25) is 0 Å². The summed E-state index contributed by atoms with van der Waals surface area (Å²) >= 11 is 0. The molecule has 2 aromatic carbocycles. The van der Waals surface area contributed by atoms with E-state index in [2.05, 4.69) is 9.97 Å². The predicted molar refractivity (Wildman–Crippen MR) is 201 cm³/mol. The smallest absolute Gasteiger partial charge is 0.249 e. The Balaban J connectivity index is 1.20. The van der Waals surface area contributed by atoms with Crippen LogP contribution in [0.25, 0.3) is 0 Å². The number of ether oxygens (including phenoxy) is 2. The fraction of sp³-hybridized carbons (Fsp3) is 0.351. The number of benzene rings is 2. The van der Waals surface area contributed by atoms with Gasteiger partial charge in [-0.05, 0) is 59.7 Å². The normalized spacial score (nSPS) is 19.2. The third-order valence-corrected chi connectivity index (χ3v) is 11.7. The molecule has 0 unspecified atom stereocenters. The molecule has 4 heterocycles. The van der Waals surface area contributed by atoms with Gasteiger partial charge in [0.15, 0.2) is 0 Å². The summed E-state index contributed by atoms with van der Waals surface area (Å²) in [6.45, 7) is -0.470. The number of aromatic nitrogens is 2. The van der Waals surface area contributed by atoms with Crippen LogP contribution in [-0.2, 0) is 52.2 Å². The fourth-order valence-electron chi connectivity index (χ4n) is 6.51. The lowest BCUT2D eigenvalue weighted by Crippen LogP contribution is -2.51. The highest BCUT2D eigenvalue weighted by Gasteiger charge is 2.37. The Kier molecular flexibility index (Phi) is 12.1. The lowest BCUT2D eigenvalue weighted by Gasteiger charge is -2.38. The standard InChI is InChI=1S/C37H42N6O10S2/c1-54(48,49)42(30-13-9-26(10-14-30)36(46)32-21-52-23-34(44)40(32)19-28-7-3-5-17-38-28)25-43(55(2,50)51)31-15-11-27(12-16-31)37(47)33-22-53-24-35(45)41(33)20-29-8-4-6-18-39-29/h3-18,32-33,36-37,46-47H,19-25H2,1-2H3/t32-,33-,36-,37-/m1/s1. The number of hydrogen-bond donors (Lipinski definition) is 2. The highest BCUT2D eigenvalue weighted by Crippen LogP contribution is 2.31. The first-order valence-electron chi connectivity index (χ1n) is 17.3. The zero-order valence-corrected chi connectivity index (χ0v) is 31.8. The number of carbonyl (C=O) groups is 2. The Hall–Kier alpha value is -4.98. The van der Waals surface area contributed by atoms with Crippen molar-refractivity contribution in [1.29, 1.82) is 0 Å². The average molecular weight is 795 g/mol. The van der Waals surface area contributed by atoms with Crippen molar-refractivity contribution in [2.45, 2.75) is 37.4 Å². The van der Waals surface area contributed by atoms with Crippen molar-refractivity contribution < 1.29 is 46.1 Å². The molecular weight excluding hydrogens is 753 g/mol. The van der Waals surface area contributed by atoms with Crippen molar-refractivity contribution in [3.05, 3.63) is 120 Å². The number of pyridine rings is 2. The summed E-state index contributed by atoms with van der Waals surface area (Å²) < 4.78 is 65.4. The van der Waals surface area contributed by atoms with E-state index in [1.807, 2.05) is 0 Å². The number of aliphatic hydroxyl groups is 2. The molecule has 2 aromatic heterocycles. The Morgan fingerprint density at radius 3 is 1.36 bits per heavy atom. The maximum Gasteiger partial charge on any atom is 0.249 e. The van der Waals surface area contributed by atoms with Crippen LogP contribution in [0.3, 0.4) is 0 Å². The zero-order chi connectivity index (χ0) is 39.3. The van der Waals surface area contributed by atoms with Gasteiger partial charge in [-0.2, -0.15) is 0 Å². The molecule has 0 bridgehead atoms. The van der Waals surface area contributed by atoms with Crippen molar-refractivity contribution in [2.24, 2.45) is 0 Å². The van der Waals surface area contributed by atoms with Gasteiger partial charge in [-0.1, -0.05) is 36.4 Å². The maximum atomic E-state index is 13.2. The maximum absolute atomic E-state index is 13.2. The van der Waals surface area contributed by atoms with Gasteiger partial charge in [-0.3, -0.25) is 28.2 Å². The molecule has 0 saturated carbocycles. The monoisotopic (exact) mass is 794 g/mol. The topological polar surface area (TPSA) is 200 Å². The molecule has 6 rings (SSSR count). The minimum atomic E-state index is -4.07. The predicted octanol–water partition coefficient (Wildman–Crippen LogP) is 1.59. The first-order valence-corrected chi connectivity index (χ1v) is 21.0. The minimum absolute atomic E-state index is 0.0616. The summed E-state index contributed by atoms with van der Waals surface area (Å²) in [6, 6.07) is 21.0. The quantitative estimate of drug-likeness (QED) is 0.175. The number of amides is 2. The van der Waals surface area contributed by atoms with E-state index in [1.54, 1.807) is 48.8 Å². The van der Waals surface area contributed by atoms with Crippen LogP contribution >= 0.6 is 0 Å². The van der Waals surface area contributed by atoms with Gasteiger partial charge < -0.3 is 29.5 Å². The number of hydrogen-bond acceptors (Lipinski definition) is 12. The summed E-state index contributed by atoms with van der Waals surface area (Å²) in [7, 11) is -8.14. The van der Waals surface area contributed by atoms with Gasteiger partial charge in [0.05, 0.1) is 73.7 Å². The molecule has 2 saturated heterocycles. The number of morpholine rings is 2. The minimum Gasteiger partial charge on any atom is -0.386 e. The van der Waals surface area contributed by atoms with Gasteiger partial charge in [0.1, 0.15) is 32.1 Å². The lowest BCUT2D eigenvalue weighted by atomic mass is 9.99. The molecule has 0 spiro atoms. The number of rotatable bonds is 14. The van der Waals surface area contributed by atoms with Crippen molar-refractivity contribution >= 4 is 43.2 Å². The second kappa shape index (κ2) is 16.8. The molecule has 18 heteroatoms. The highest BCUT2D eigenvalue weighted by molar-refractivity contribution is 7.93. The Labute approximate surface area is 319 Å². The van der Waals surface area contributed by atoms with Gasteiger partial charge >= 0.3 is 0 Å². The first kappa shape index (κ1) is 39.7. The Morgan fingerprint density at radius 1 is 0.655 bits per heavy atom. The van der Waals surface area contributed by atoms with Gasteiger partial charge in [-0.25, -0.2) is 16.8 Å². The number of nitrogens with zero attached hydrogens (tertiary/aromatic N) is 6. The molecule has 4 atom stereocenters. The Bertz CT molecular complexity index is 2010. The summed E-state index contributed by atoms with van der Waals surface area (Å²) in [4.78, 5) is 37.2. The molecule has 2 N–H and O–H groups in total. The molecule has 2 aliphatic heterocycles. The van der Waals surface area contributed by atoms with E-state index in [-0.39, 0.29) is 62.7 Å². The van der Waals surface area contributed by atoms with Crippen LogP contribution in [0.5, 0.6) is 0 Å². The molecule has 0 aliphatic carbocycles. The van der Waals surface area contributed by atoms with Crippen molar-refractivity contribution in [3.8, 4) is 0 Å². The molecular formula is C37H42N6O10S2. The highest BCUT2D eigenvalue weighted by atomic mass is 32.2. The molecule has 2 fully saturated rings. The molecule has 292 valence electrons. The molecule has 2 amide bonds. The van der Waals surface area contributed by atoms with Gasteiger partial charge in [0, 0.05) is 12.4 Å². The number of sulfonamides is 2. The summed E-state index contributed by atoms with van der Waals surface area (Å²) in [5.41, 5.74) is 2.27. The largest absolute Gasteiger partial charge is 0.386 e. The van der Waals surface area contributed by atoms with E-state index in [1.165, 1.54) is 58.3 Å². The molecule has 0 radical (unpaired) electrons. The zero-order valence-electron chi connectivity index (χ0n) is 30.2. The second-order valence-corrected chi connectivity index (χ2v) is 17.1. The van der Waals surface area contributed by atoms with Crippen molar-refractivity contribution in [2.75, 3.05) is 54.2 Å². The van der Waals surface area contributed by atoms with E-state index >= 15 is 0 Å². The third kappa shape index (κ3) is 9.46. The average Bonchev–Trinajstić information content (AvgIpc) is 3.16. The van der Waals surface area contributed by atoms with Crippen LogP contribution in [-0.4, -0.2) is 116 Å². The number of anilines is 2. The lowest BCUT2D eigenvalue weighted by molar-refractivity contribution is -0.155. The van der Waals surface area contributed by atoms with Crippen molar-refractivity contribution in [3.63, 3.8) is 0 Å². The molecule has 55 heavy (non-hydrogen) atoms. The van der Waals surface area contributed by atoms with Crippen molar-refractivity contribution in [1.82, 2.24) is 19.8 Å². The van der Waals surface area contributed by atoms with Crippen LogP contribution in [0, 0.1) is 0 Å². The van der Waals surface area contributed by atoms with E-state index in [9.17, 15) is 36.6 Å². The molecule has 16 nitrogen and oxygen atoms in total. The SMILES string of the molecule is CS(=O)(=O)N(CN(c1ccc([C@@H](O)[C@H]2COCC(=O)N2Cc2ccccn2)cc1)S(C)(=O)=O)c1ccc([C@@H](O)[C@H]2COCC(=O)N2Cc2ccccn2)cc1. The Morgan fingerprint density at radius 2 is 1.04 bits per heavy atom. The van der Waals surface area contributed by atoms with Crippen LogP contribution < -0.4 is 8.61 Å². The fourth-order valence-corrected chi connectivity index (χ4v) is 8.24. The number of aliphatic hydroxyl groups excluding tert-OH is 2. The van der Waals surface area contributed by atoms with Crippen LogP contribution in [0.15, 0.2) is 97.3 Å². The summed E-state index contributed by atoms with van der Waals surface area (Å²) in [6.07, 6.45) is 2.71. The van der Waals surface area contributed by atoms with E-state index in [4.69, 9.17) is 9.47 Å². The van der Waals surface area contributed by atoms with Crippen LogP contribution in [0.1, 0.15) is 34.7 Å². The first-order chi connectivity index (χ1) is 26.2. The third-order valence-electron chi connectivity index (χ3n) is 9.42. The van der Waals surface area contributed by atoms with E-state index < -0.39 is 51.0 Å². The van der Waals surface area contributed by atoms with E-state index in [0.29, 0.717) is 22.5 Å².